The lowest BCUT2D eigenvalue weighted by Crippen LogP contribution is -2.24. The second-order valence-electron chi connectivity index (χ2n) is 5.84. The largest absolute Gasteiger partial charge is 0.381 e. The van der Waals surface area contributed by atoms with Crippen molar-refractivity contribution in [1.82, 2.24) is 0 Å². The van der Waals surface area contributed by atoms with Gasteiger partial charge in [0.1, 0.15) is 5.60 Å². The summed E-state index contributed by atoms with van der Waals surface area (Å²) in [6.07, 6.45) is 2.17. The van der Waals surface area contributed by atoms with E-state index in [4.69, 9.17) is 0 Å². The van der Waals surface area contributed by atoms with Crippen molar-refractivity contribution in [2.75, 3.05) is 0 Å². The minimum atomic E-state index is -0.945. The van der Waals surface area contributed by atoms with Gasteiger partial charge in [-0.2, -0.15) is 0 Å². The monoisotopic (exact) mass is 268 g/mol. The molecule has 1 unspecified atom stereocenters. The molecule has 0 fully saturated rings. The molecule has 1 N–H and O–H groups in total. The molecule has 0 saturated carbocycles. The number of benzene rings is 2. The zero-order valence-electron chi connectivity index (χ0n) is 12.9. The second-order valence-corrected chi connectivity index (χ2v) is 5.84. The first kappa shape index (κ1) is 14.8. The van der Waals surface area contributed by atoms with Crippen LogP contribution in [-0.2, 0) is 12.0 Å². The zero-order valence-corrected chi connectivity index (χ0v) is 12.9. The highest BCUT2D eigenvalue weighted by Crippen LogP contribution is 2.32. The van der Waals surface area contributed by atoms with E-state index >= 15 is 0 Å². The Kier molecular flexibility index (Phi) is 4.29. The molecular formula is C19H24O. The van der Waals surface area contributed by atoms with E-state index in [1.807, 2.05) is 19.1 Å². The number of rotatable bonds is 4. The molecule has 0 amide bonds. The average molecular weight is 268 g/mol. The summed E-state index contributed by atoms with van der Waals surface area (Å²) in [5.41, 5.74) is 4.61. The van der Waals surface area contributed by atoms with Crippen molar-refractivity contribution in [3.05, 3.63) is 70.3 Å². The summed E-state index contributed by atoms with van der Waals surface area (Å²) < 4.78 is 0. The molecule has 106 valence electrons. The number of aliphatic hydroxyl groups is 1. The third-order valence-corrected chi connectivity index (χ3v) is 3.95. The van der Waals surface area contributed by atoms with Crippen LogP contribution < -0.4 is 0 Å². The molecule has 1 nitrogen and oxygen atoms in total. The van der Waals surface area contributed by atoms with Gasteiger partial charge >= 0.3 is 0 Å². The van der Waals surface area contributed by atoms with Gasteiger partial charge in [0.2, 0.25) is 0 Å². The molecule has 2 rings (SSSR count). The molecule has 2 aromatic carbocycles. The highest BCUT2D eigenvalue weighted by Gasteiger charge is 2.27. The van der Waals surface area contributed by atoms with E-state index in [0.29, 0.717) is 0 Å². The third kappa shape index (κ3) is 2.94. The lowest BCUT2D eigenvalue weighted by atomic mass is 9.84. The fourth-order valence-corrected chi connectivity index (χ4v) is 2.73. The van der Waals surface area contributed by atoms with E-state index in [1.165, 1.54) is 11.1 Å². The summed E-state index contributed by atoms with van der Waals surface area (Å²) in [4.78, 5) is 0. The highest BCUT2D eigenvalue weighted by atomic mass is 16.3. The van der Waals surface area contributed by atoms with Crippen LogP contribution in [0.15, 0.2) is 42.5 Å². The van der Waals surface area contributed by atoms with Crippen LogP contribution in [0.5, 0.6) is 0 Å². The Morgan fingerprint density at radius 3 is 2.50 bits per heavy atom. The van der Waals surface area contributed by atoms with E-state index < -0.39 is 5.60 Å². The van der Waals surface area contributed by atoms with Crippen molar-refractivity contribution < 1.29 is 5.11 Å². The molecule has 1 heteroatoms. The molecule has 0 aliphatic carbocycles. The van der Waals surface area contributed by atoms with Gasteiger partial charge in [-0.1, -0.05) is 61.4 Å². The minimum absolute atomic E-state index is 0.945. The number of aryl methyl sites for hydroxylation is 3. The zero-order chi connectivity index (χ0) is 14.8. The van der Waals surface area contributed by atoms with Crippen molar-refractivity contribution >= 4 is 0 Å². The third-order valence-electron chi connectivity index (χ3n) is 3.95. The lowest BCUT2D eigenvalue weighted by Gasteiger charge is -2.27. The summed E-state index contributed by atoms with van der Waals surface area (Å²) >= 11 is 0. The molecule has 0 aliphatic heterocycles. The van der Waals surface area contributed by atoms with Gasteiger partial charge in [0, 0.05) is 0 Å². The maximum absolute atomic E-state index is 11.1. The van der Waals surface area contributed by atoms with Crippen molar-refractivity contribution in [1.29, 1.82) is 0 Å². The summed E-state index contributed by atoms with van der Waals surface area (Å²) in [5, 5.41) is 11.1. The lowest BCUT2D eigenvalue weighted by molar-refractivity contribution is 0.101. The van der Waals surface area contributed by atoms with Crippen LogP contribution in [0.4, 0.5) is 0 Å². The van der Waals surface area contributed by atoms with E-state index in [2.05, 4.69) is 51.1 Å². The Morgan fingerprint density at radius 2 is 1.80 bits per heavy atom. The first-order chi connectivity index (χ1) is 9.45. The smallest absolute Gasteiger partial charge is 0.112 e. The maximum Gasteiger partial charge on any atom is 0.112 e. The quantitative estimate of drug-likeness (QED) is 0.865. The van der Waals surface area contributed by atoms with Crippen LogP contribution in [0.1, 0.15) is 48.1 Å². The Balaban J connectivity index is 2.48. The topological polar surface area (TPSA) is 20.2 Å². The molecule has 2 aromatic rings. The van der Waals surface area contributed by atoms with Crippen molar-refractivity contribution in [2.24, 2.45) is 0 Å². The Labute approximate surface area is 122 Å². The van der Waals surface area contributed by atoms with Gasteiger partial charge < -0.3 is 5.11 Å². The van der Waals surface area contributed by atoms with Gasteiger partial charge in [0.15, 0.2) is 0 Å². The Hall–Kier alpha value is -1.60. The molecule has 0 saturated heterocycles. The Bertz CT molecular complexity index is 596. The van der Waals surface area contributed by atoms with Crippen LogP contribution in [0.3, 0.4) is 0 Å². The number of hydrogen-bond donors (Lipinski definition) is 1. The normalized spacial score (nSPS) is 14.1. The fraction of sp³-hybridized carbons (Fsp3) is 0.368. The van der Waals surface area contributed by atoms with Crippen LogP contribution in [0, 0.1) is 13.8 Å². The SMILES string of the molecule is CCCc1cccc(C(C)(O)c2cc(C)ccc2C)c1. The van der Waals surface area contributed by atoms with Crippen LogP contribution in [0.25, 0.3) is 0 Å². The molecule has 20 heavy (non-hydrogen) atoms. The molecular weight excluding hydrogens is 244 g/mol. The van der Waals surface area contributed by atoms with Crippen molar-refractivity contribution in [2.45, 2.75) is 46.1 Å². The van der Waals surface area contributed by atoms with Crippen molar-refractivity contribution in [3.8, 4) is 0 Å². The van der Waals surface area contributed by atoms with Crippen LogP contribution in [0.2, 0.25) is 0 Å². The van der Waals surface area contributed by atoms with Crippen LogP contribution in [-0.4, -0.2) is 5.11 Å². The first-order valence-corrected chi connectivity index (χ1v) is 7.34. The molecule has 0 bridgehead atoms. The molecule has 0 radical (unpaired) electrons. The van der Waals surface area contributed by atoms with E-state index in [1.54, 1.807) is 0 Å². The predicted molar refractivity (Wildman–Crippen MR) is 85.0 cm³/mol. The van der Waals surface area contributed by atoms with Crippen molar-refractivity contribution in [3.63, 3.8) is 0 Å². The van der Waals surface area contributed by atoms with Gasteiger partial charge in [0.05, 0.1) is 0 Å². The first-order valence-electron chi connectivity index (χ1n) is 7.34. The predicted octanol–water partition coefficient (Wildman–Crippen LogP) is 4.51. The van der Waals surface area contributed by atoms with E-state index in [9.17, 15) is 5.11 Å². The van der Waals surface area contributed by atoms with E-state index in [-0.39, 0.29) is 0 Å². The minimum Gasteiger partial charge on any atom is -0.381 e. The highest BCUT2D eigenvalue weighted by molar-refractivity contribution is 5.42. The average Bonchev–Trinajstić information content (AvgIpc) is 2.42. The molecule has 0 aliphatic rings. The summed E-state index contributed by atoms with van der Waals surface area (Å²) in [5.74, 6) is 0. The number of hydrogen-bond acceptors (Lipinski definition) is 1. The van der Waals surface area contributed by atoms with Gasteiger partial charge in [-0.15, -0.1) is 0 Å². The van der Waals surface area contributed by atoms with Crippen LogP contribution >= 0.6 is 0 Å². The summed E-state index contributed by atoms with van der Waals surface area (Å²) in [6, 6.07) is 14.6. The van der Waals surface area contributed by atoms with E-state index in [0.717, 1.165) is 29.5 Å². The van der Waals surface area contributed by atoms with Gasteiger partial charge in [-0.05, 0) is 49.4 Å². The van der Waals surface area contributed by atoms with Gasteiger partial charge in [-0.25, -0.2) is 0 Å². The molecule has 1 atom stereocenters. The summed E-state index contributed by atoms with van der Waals surface area (Å²) in [7, 11) is 0. The summed E-state index contributed by atoms with van der Waals surface area (Å²) in [6.45, 7) is 8.18. The second kappa shape index (κ2) is 5.80. The van der Waals surface area contributed by atoms with Gasteiger partial charge in [0.25, 0.3) is 0 Å². The molecule has 0 heterocycles. The fourth-order valence-electron chi connectivity index (χ4n) is 2.73. The molecule has 0 spiro atoms. The standard InChI is InChI=1S/C19H24O/c1-5-7-16-8-6-9-17(13-16)19(4,20)18-12-14(2)10-11-15(18)3/h6,8-13,20H,5,7H2,1-4H3. The maximum atomic E-state index is 11.1. The Morgan fingerprint density at radius 1 is 1.05 bits per heavy atom. The molecule has 0 aromatic heterocycles. The van der Waals surface area contributed by atoms with Gasteiger partial charge in [-0.3, -0.25) is 0 Å².